The third kappa shape index (κ3) is 3.70. The Morgan fingerprint density at radius 3 is 1.58 bits per heavy atom. The fraction of sp³-hybridized carbons (Fsp3) is 0.727. The Balaban J connectivity index is 4.71. The summed E-state index contributed by atoms with van der Waals surface area (Å²) < 4.78 is 0. The quantitative estimate of drug-likeness (QED) is 0.527. The van der Waals surface area contributed by atoms with Crippen LogP contribution in [-0.4, -0.2) is 5.71 Å². The van der Waals surface area contributed by atoms with Gasteiger partial charge in [0.15, 0.2) is 0 Å². The third-order valence-corrected chi connectivity index (χ3v) is 2.14. The second-order valence-electron chi connectivity index (χ2n) is 4.53. The van der Waals surface area contributed by atoms with Crippen molar-refractivity contribution in [1.29, 1.82) is 0 Å². The summed E-state index contributed by atoms with van der Waals surface area (Å²) in [6, 6.07) is 0. The maximum Gasteiger partial charge on any atom is 0.0358 e. The van der Waals surface area contributed by atoms with Crippen LogP contribution in [0.5, 0.6) is 0 Å². The SMILES string of the molecule is CC(C)=C(C)/N=C(\C)C(C)(C)C. The highest BCUT2D eigenvalue weighted by Gasteiger charge is 2.13. The van der Waals surface area contributed by atoms with Gasteiger partial charge in [-0.05, 0) is 33.1 Å². The van der Waals surface area contributed by atoms with Gasteiger partial charge in [-0.3, -0.25) is 4.99 Å². The molecule has 0 unspecified atom stereocenters. The Hall–Kier alpha value is -0.590. The summed E-state index contributed by atoms with van der Waals surface area (Å²) in [5.74, 6) is 0. The fourth-order valence-corrected chi connectivity index (χ4v) is 0.531. The molecule has 0 bridgehead atoms. The van der Waals surface area contributed by atoms with Gasteiger partial charge in [0.1, 0.15) is 0 Å². The molecule has 0 heterocycles. The van der Waals surface area contributed by atoms with E-state index in [0.717, 1.165) is 5.70 Å². The normalized spacial score (nSPS) is 13.1. The molecule has 0 aliphatic rings. The zero-order valence-electron chi connectivity index (χ0n) is 9.45. The molecule has 0 saturated heterocycles. The lowest BCUT2D eigenvalue weighted by atomic mass is 9.91. The van der Waals surface area contributed by atoms with Crippen LogP contribution >= 0.6 is 0 Å². The maximum absolute atomic E-state index is 4.54. The monoisotopic (exact) mass is 167 g/mol. The highest BCUT2D eigenvalue weighted by atomic mass is 14.8. The van der Waals surface area contributed by atoms with E-state index < -0.39 is 0 Å². The minimum atomic E-state index is 0.191. The van der Waals surface area contributed by atoms with E-state index in [2.05, 4.69) is 53.5 Å². The molecular formula is C11H21N. The largest absolute Gasteiger partial charge is 0.262 e. The van der Waals surface area contributed by atoms with Crippen LogP contribution in [0.25, 0.3) is 0 Å². The van der Waals surface area contributed by atoms with E-state index in [4.69, 9.17) is 0 Å². The molecule has 0 N–H and O–H groups in total. The maximum atomic E-state index is 4.54. The first kappa shape index (κ1) is 11.4. The highest BCUT2D eigenvalue weighted by Crippen LogP contribution is 2.17. The van der Waals surface area contributed by atoms with Crippen LogP contribution in [-0.2, 0) is 0 Å². The van der Waals surface area contributed by atoms with Crippen LogP contribution in [0, 0.1) is 5.41 Å². The summed E-state index contributed by atoms with van der Waals surface area (Å²) in [6.45, 7) is 14.9. The second kappa shape index (κ2) is 3.88. The Morgan fingerprint density at radius 1 is 0.917 bits per heavy atom. The standard InChI is InChI=1S/C11H21N/c1-8(2)9(3)12-10(4)11(5,6)7/h1-7H3/b12-10+. The van der Waals surface area contributed by atoms with Crippen molar-refractivity contribution < 1.29 is 0 Å². The van der Waals surface area contributed by atoms with Crippen LogP contribution in [0.1, 0.15) is 48.5 Å². The van der Waals surface area contributed by atoms with Crippen LogP contribution in [0.15, 0.2) is 16.3 Å². The van der Waals surface area contributed by atoms with Gasteiger partial charge < -0.3 is 0 Å². The van der Waals surface area contributed by atoms with E-state index in [9.17, 15) is 0 Å². The molecule has 0 rings (SSSR count). The van der Waals surface area contributed by atoms with E-state index in [0.29, 0.717) is 0 Å². The summed E-state index contributed by atoms with van der Waals surface area (Å²) in [5.41, 5.74) is 3.82. The lowest BCUT2D eigenvalue weighted by Gasteiger charge is -2.18. The molecule has 0 fully saturated rings. The lowest BCUT2D eigenvalue weighted by molar-refractivity contribution is 0.587. The number of hydrogen-bond acceptors (Lipinski definition) is 1. The number of hydrogen-bond donors (Lipinski definition) is 0. The van der Waals surface area contributed by atoms with Gasteiger partial charge in [-0.2, -0.15) is 0 Å². The molecule has 0 amide bonds. The van der Waals surface area contributed by atoms with Crippen LogP contribution in [0.2, 0.25) is 0 Å². The van der Waals surface area contributed by atoms with E-state index >= 15 is 0 Å². The van der Waals surface area contributed by atoms with Crippen molar-refractivity contribution in [3.63, 3.8) is 0 Å². The molecule has 70 valence electrons. The van der Waals surface area contributed by atoms with Crippen molar-refractivity contribution >= 4 is 5.71 Å². The summed E-state index contributed by atoms with van der Waals surface area (Å²) in [4.78, 5) is 4.54. The number of rotatable bonds is 1. The zero-order valence-corrected chi connectivity index (χ0v) is 9.45. The first-order valence-electron chi connectivity index (χ1n) is 4.45. The molecule has 0 radical (unpaired) electrons. The molecule has 0 aliphatic carbocycles. The lowest BCUT2D eigenvalue weighted by Crippen LogP contribution is -2.16. The van der Waals surface area contributed by atoms with Crippen molar-refractivity contribution in [2.45, 2.75) is 48.5 Å². The Bertz CT molecular complexity index is 210. The van der Waals surface area contributed by atoms with E-state index in [-0.39, 0.29) is 5.41 Å². The number of nitrogens with zero attached hydrogens (tertiary/aromatic N) is 1. The molecule has 0 aromatic rings. The van der Waals surface area contributed by atoms with Gasteiger partial charge in [0.2, 0.25) is 0 Å². The zero-order chi connectivity index (χ0) is 9.94. The molecule has 12 heavy (non-hydrogen) atoms. The topological polar surface area (TPSA) is 12.4 Å². The molecule has 0 atom stereocenters. The molecule has 0 aromatic carbocycles. The summed E-state index contributed by atoms with van der Waals surface area (Å²) >= 11 is 0. The van der Waals surface area contributed by atoms with E-state index in [1.54, 1.807) is 0 Å². The van der Waals surface area contributed by atoms with E-state index in [1.165, 1.54) is 11.3 Å². The predicted molar refractivity (Wildman–Crippen MR) is 56.6 cm³/mol. The van der Waals surface area contributed by atoms with Gasteiger partial charge in [0.25, 0.3) is 0 Å². The van der Waals surface area contributed by atoms with Gasteiger partial charge in [-0.25, -0.2) is 0 Å². The Labute approximate surface area is 76.6 Å². The van der Waals surface area contributed by atoms with Gasteiger partial charge in [-0.15, -0.1) is 0 Å². The smallest absolute Gasteiger partial charge is 0.0358 e. The van der Waals surface area contributed by atoms with Crippen molar-refractivity contribution in [3.05, 3.63) is 11.3 Å². The van der Waals surface area contributed by atoms with Crippen LogP contribution in [0.4, 0.5) is 0 Å². The third-order valence-electron chi connectivity index (χ3n) is 2.14. The van der Waals surface area contributed by atoms with Gasteiger partial charge in [0.05, 0.1) is 0 Å². The first-order chi connectivity index (χ1) is 5.25. The number of aliphatic imine (C=N–C) groups is 1. The summed E-state index contributed by atoms with van der Waals surface area (Å²) in [5, 5.41) is 0. The van der Waals surface area contributed by atoms with Crippen molar-refractivity contribution in [2.75, 3.05) is 0 Å². The highest BCUT2D eigenvalue weighted by molar-refractivity contribution is 5.87. The summed E-state index contributed by atoms with van der Waals surface area (Å²) in [6.07, 6.45) is 0. The second-order valence-corrected chi connectivity index (χ2v) is 4.53. The van der Waals surface area contributed by atoms with Crippen LogP contribution < -0.4 is 0 Å². The Kier molecular flexibility index (Phi) is 3.69. The predicted octanol–water partition coefficient (Wildman–Crippen LogP) is 3.81. The fourth-order valence-electron chi connectivity index (χ4n) is 0.531. The first-order valence-corrected chi connectivity index (χ1v) is 4.45. The molecule has 0 spiro atoms. The van der Waals surface area contributed by atoms with E-state index in [1.807, 2.05) is 0 Å². The molecule has 1 nitrogen and oxygen atoms in total. The number of allylic oxidation sites excluding steroid dienone is 2. The van der Waals surface area contributed by atoms with Gasteiger partial charge >= 0.3 is 0 Å². The average Bonchev–Trinajstić information content (AvgIpc) is 1.85. The van der Waals surface area contributed by atoms with Gasteiger partial charge in [0, 0.05) is 11.4 Å². The molecular weight excluding hydrogens is 146 g/mol. The molecule has 1 heteroatoms. The van der Waals surface area contributed by atoms with Crippen molar-refractivity contribution in [1.82, 2.24) is 0 Å². The molecule has 0 saturated carbocycles. The molecule has 0 aromatic heterocycles. The minimum Gasteiger partial charge on any atom is -0.262 e. The Morgan fingerprint density at radius 2 is 1.33 bits per heavy atom. The average molecular weight is 167 g/mol. The van der Waals surface area contributed by atoms with Crippen LogP contribution in [0.3, 0.4) is 0 Å². The van der Waals surface area contributed by atoms with Crippen molar-refractivity contribution in [3.8, 4) is 0 Å². The minimum absolute atomic E-state index is 0.191. The summed E-state index contributed by atoms with van der Waals surface area (Å²) in [7, 11) is 0. The molecule has 0 aliphatic heterocycles. The van der Waals surface area contributed by atoms with Crippen molar-refractivity contribution in [2.24, 2.45) is 10.4 Å². The van der Waals surface area contributed by atoms with Gasteiger partial charge in [-0.1, -0.05) is 26.3 Å².